The molecule has 1 atom stereocenters. The number of hydrogen-bond acceptors (Lipinski definition) is 4. The molecule has 1 aliphatic heterocycles. The zero-order valence-corrected chi connectivity index (χ0v) is 11.4. The van der Waals surface area contributed by atoms with Crippen LogP contribution in [0.1, 0.15) is 5.56 Å². The summed E-state index contributed by atoms with van der Waals surface area (Å²) in [6.07, 6.45) is -0.388. The fourth-order valence-electron chi connectivity index (χ4n) is 2.18. The number of carbonyl (C=O) groups excluding carboxylic acids is 1. The van der Waals surface area contributed by atoms with E-state index in [0.29, 0.717) is 19.7 Å². The molecule has 5 heteroatoms. The van der Waals surface area contributed by atoms with Gasteiger partial charge in [0.25, 0.3) is 5.91 Å². The Morgan fingerprint density at radius 2 is 2.37 bits per heavy atom. The number of amides is 1. The van der Waals surface area contributed by atoms with Gasteiger partial charge in [-0.25, -0.2) is 0 Å². The summed E-state index contributed by atoms with van der Waals surface area (Å²) in [6, 6.07) is 6.94. The highest BCUT2D eigenvalue weighted by Crippen LogP contribution is 2.14. The van der Waals surface area contributed by atoms with E-state index in [1.807, 2.05) is 13.1 Å². The molecule has 1 aromatic carbocycles. The lowest BCUT2D eigenvalue weighted by atomic mass is 10.2. The van der Waals surface area contributed by atoms with Crippen LogP contribution in [0.3, 0.4) is 0 Å². The van der Waals surface area contributed by atoms with Gasteiger partial charge in [-0.1, -0.05) is 12.1 Å². The summed E-state index contributed by atoms with van der Waals surface area (Å²) in [4.78, 5) is 16.0. The Kier molecular flexibility index (Phi) is 4.39. The molecule has 1 saturated heterocycles. The Labute approximate surface area is 113 Å². The molecule has 2 rings (SSSR count). The minimum Gasteiger partial charge on any atom is -0.508 e. The number of morpholine rings is 1. The predicted octanol–water partition coefficient (Wildman–Crippen LogP) is 0.681. The van der Waals surface area contributed by atoms with Crippen LogP contribution in [0.5, 0.6) is 5.75 Å². The van der Waals surface area contributed by atoms with Crippen molar-refractivity contribution in [2.24, 2.45) is 0 Å². The lowest BCUT2D eigenvalue weighted by molar-refractivity contribution is -0.148. The largest absolute Gasteiger partial charge is 0.508 e. The first kappa shape index (κ1) is 13.8. The molecule has 0 aliphatic carbocycles. The lowest BCUT2D eigenvalue weighted by Gasteiger charge is -2.31. The molecule has 0 bridgehead atoms. The van der Waals surface area contributed by atoms with Gasteiger partial charge in [0.1, 0.15) is 11.9 Å². The van der Waals surface area contributed by atoms with Gasteiger partial charge in [-0.05, 0) is 24.7 Å². The Balaban J connectivity index is 1.95. The van der Waals surface area contributed by atoms with Gasteiger partial charge in [0.15, 0.2) is 0 Å². The lowest BCUT2D eigenvalue weighted by Crippen LogP contribution is -2.48. The van der Waals surface area contributed by atoms with E-state index in [1.54, 1.807) is 30.1 Å². The van der Waals surface area contributed by atoms with Crippen LogP contribution >= 0.6 is 0 Å². The van der Waals surface area contributed by atoms with Gasteiger partial charge in [-0.15, -0.1) is 0 Å². The summed E-state index contributed by atoms with van der Waals surface area (Å²) < 4.78 is 5.51. The molecule has 5 nitrogen and oxygen atoms in total. The zero-order valence-electron chi connectivity index (χ0n) is 11.4. The van der Waals surface area contributed by atoms with Crippen molar-refractivity contribution in [3.05, 3.63) is 29.8 Å². The number of aromatic hydroxyl groups is 1. The van der Waals surface area contributed by atoms with Crippen molar-refractivity contribution < 1.29 is 14.6 Å². The zero-order chi connectivity index (χ0) is 13.8. The smallest absolute Gasteiger partial charge is 0.253 e. The third kappa shape index (κ3) is 3.68. The van der Waals surface area contributed by atoms with E-state index in [-0.39, 0.29) is 17.8 Å². The van der Waals surface area contributed by atoms with Crippen molar-refractivity contribution in [1.29, 1.82) is 0 Å². The molecule has 104 valence electrons. The molecular formula is C14H20N2O3. The Hall–Kier alpha value is -1.59. The molecule has 0 saturated carbocycles. The summed E-state index contributed by atoms with van der Waals surface area (Å²) in [5.74, 6) is 0.196. The maximum Gasteiger partial charge on any atom is 0.253 e. The number of likely N-dealkylation sites (N-methyl/N-ethyl adjacent to an activating group) is 2. The van der Waals surface area contributed by atoms with E-state index < -0.39 is 0 Å². The minimum absolute atomic E-state index is 0.0186. The maximum absolute atomic E-state index is 12.2. The van der Waals surface area contributed by atoms with Crippen LogP contribution in [0.4, 0.5) is 0 Å². The van der Waals surface area contributed by atoms with Gasteiger partial charge in [0.2, 0.25) is 0 Å². The number of ether oxygens (including phenoxy) is 1. The van der Waals surface area contributed by atoms with E-state index in [0.717, 1.165) is 12.1 Å². The Morgan fingerprint density at radius 3 is 3.05 bits per heavy atom. The molecule has 19 heavy (non-hydrogen) atoms. The highest BCUT2D eigenvalue weighted by atomic mass is 16.5. The van der Waals surface area contributed by atoms with Crippen molar-refractivity contribution in [3.63, 3.8) is 0 Å². The number of carbonyl (C=O) groups is 1. The summed E-state index contributed by atoms with van der Waals surface area (Å²) >= 11 is 0. The van der Waals surface area contributed by atoms with Crippen molar-refractivity contribution in [3.8, 4) is 5.75 Å². The van der Waals surface area contributed by atoms with Crippen molar-refractivity contribution in [2.75, 3.05) is 33.8 Å². The highest BCUT2D eigenvalue weighted by Gasteiger charge is 2.27. The average Bonchev–Trinajstić information content (AvgIpc) is 2.38. The second-order valence-electron chi connectivity index (χ2n) is 4.99. The number of rotatable bonds is 3. The number of phenols is 1. The second-order valence-corrected chi connectivity index (χ2v) is 4.99. The maximum atomic E-state index is 12.2. The highest BCUT2D eigenvalue weighted by molar-refractivity contribution is 5.81. The molecule has 1 unspecified atom stereocenters. The Morgan fingerprint density at radius 1 is 1.58 bits per heavy atom. The van der Waals surface area contributed by atoms with Crippen molar-refractivity contribution in [1.82, 2.24) is 9.80 Å². The molecule has 0 spiro atoms. The molecule has 1 amide bonds. The van der Waals surface area contributed by atoms with Crippen LogP contribution in [0.2, 0.25) is 0 Å². The van der Waals surface area contributed by atoms with Gasteiger partial charge < -0.3 is 19.6 Å². The predicted molar refractivity (Wildman–Crippen MR) is 71.8 cm³/mol. The number of benzene rings is 1. The SMILES string of the molecule is CN1CCOC(C(=O)N(C)Cc2cccc(O)c2)C1. The van der Waals surface area contributed by atoms with Gasteiger partial charge in [0, 0.05) is 26.7 Å². The average molecular weight is 264 g/mol. The van der Waals surface area contributed by atoms with Crippen molar-refractivity contribution in [2.45, 2.75) is 12.6 Å². The van der Waals surface area contributed by atoms with E-state index in [9.17, 15) is 9.90 Å². The third-order valence-electron chi connectivity index (χ3n) is 3.25. The molecule has 1 heterocycles. The van der Waals surface area contributed by atoms with Crippen LogP contribution in [0, 0.1) is 0 Å². The van der Waals surface area contributed by atoms with Crippen LogP contribution in [0.15, 0.2) is 24.3 Å². The molecule has 0 radical (unpaired) electrons. The molecule has 1 fully saturated rings. The first-order valence-electron chi connectivity index (χ1n) is 6.39. The van der Waals surface area contributed by atoms with Crippen LogP contribution in [-0.4, -0.2) is 60.7 Å². The fraction of sp³-hybridized carbons (Fsp3) is 0.500. The van der Waals surface area contributed by atoms with Gasteiger partial charge in [-0.2, -0.15) is 0 Å². The van der Waals surface area contributed by atoms with Crippen LogP contribution in [-0.2, 0) is 16.1 Å². The number of nitrogens with zero attached hydrogens (tertiary/aromatic N) is 2. The van der Waals surface area contributed by atoms with E-state index in [1.165, 1.54) is 0 Å². The molecule has 0 aromatic heterocycles. The Bertz CT molecular complexity index is 450. The minimum atomic E-state index is -0.388. The summed E-state index contributed by atoms with van der Waals surface area (Å²) in [5, 5.41) is 9.41. The monoisotopic (exact) mass is 264 g/mol. The van der Waals surface area contributed by atoms with E-state index in [4.69, 9.17) is 4.74 Å². The quantitative estimate of drug-likeness (QED) is 0.872. The molecule has 1 N–H and O–H groups in total. The van der Waals surface area contributed by atoms with E-state index >= 15 is 0 Å². The van der Waals surface area contributed by atoms with Gasteiger partial charge in [0.05, 0.1) is 6.61 Å². The second kappa shape index (κ2) is 6.04. The fourth-order valence-corrected chi connectivity index (χ4v) is 2.18. The molecule has 1 aliphatic rings. The third-order valence-corrected chi connectivity index (χ3v) is 3.25. The van der Waals surface area contributed by atoms with Crippen LogP contribution in [0.25, 0.3) is 0 Å². The van der Waals surface area contributed by atoms with Gasteiger partial charge in [-0.3, -0.25) is 4.79 Å². The van der Waals surface area contributed by atoms with E-state index in [2.05, 4.69) is 4.90 Å². The molecule has 1 aromatic rings. The first-order valence-corrected chi connectivity index (χ1v) is 6.39. The standard InChI is InChI=1S/C14H20N2O3/c1-15-6-7-19-13(10-15)14(18)16(2)9-11-4-3-5-12(17)8-11/h3-5,8,13,17H,6-7,9-10H2,1-2H3. The number of hydrogen-bond donors (Lipinski definition) is 1. The van der Waals surface area contributed by atoms with Crippen LogP contribution < -0.4 is 0 Å². The summed E-state index contributed by atoms with van der Waals surface area (Å²) in [6.45, 7) is 2.55. The normalized spacial score (nSPS) is 20.2. The van der Waals surface area contributed by atoms with Crippen molar-refractivity contribution >= 4 is 5.91 Å². The van der Waals surface area contributed by atoms with Gasteiger partial charge >= 0.3 is 0 Å². The topological polar surface area (TPSA) is 53.0 Å². The first-order chi connectivity index (χ1) is 9.06. The molecular weight excluding hydrogens is 244 g/mol. The number of phenolic OH excluding ortho intramolecular Hbond substituents is 1. The summed E-state index contributed by atoms with van der Waals surface area (Å²) in [7, 11) is 3.74. The summed E-state index contributed by atoms with van der Waals surface area (Å²) in [5.41, 5.74) is 0.903.